The number of carbonyl (C=O) groups excluding carboxylic acids is 1. The molecule has 0 N–H and O–H groups in total. The van der Waals surface area contributed by atoms with Crippen LogP contribution < -0.4 is 4.74 Å². The summed E-state index contributed by atoms with van der Waals surface area (Å²) >= 11 is 0. The van der Waals surface area contributed by atoms with Gasteiger partial charge in [0.25, 0.3) is 5.91 Å². The summed E-state index contributed by atoms with van der Waals surface area (Å²) in [6.45, 7) is 1.03. The van der Waals surface area contributed by atoms with Crippen LogP contribution in [0.5, 0.6) is 5.75 Å². The number of nitrogens with zero attached hydrogens (tertiary/aromatic N) is 3. The first-order chi connectivity index (χ1) is 11.7. The highest BCUT2D eigenvalue weighted by molar-refractivity contribution is 5.86. The summed E-state index contributed by atoms with van der Waals surface area (Å²) in [5, 5.41) is 4.05. The number of fused-ring (bicyclic) bond motifs is 1. The van der Waals surface area contributed by atoms with E-state index in [1.54, 1.807) is 29.4 Å². The molecule has 1 fully saturated rings. The van der Waals surface area contributed by atoms with Crippen molar-refractivity contribution in [1.29, 1.82) is 0 Å². The zero-order valence-corrected chi connectivity index (χ0v) is 13.2. The van der Waals surface area contributed by atoms with Gasteiger partial charge in [0.2, 0.25) is 0 Å². The SMILES string of the molecule is O=C(N1CCc2onc(COc3cccnc3)c2C1)C1(F)CCC1. The highest BCUT2D eigenvalue weighted by Gasteiger charge is 2.47. The number of hydrogen-bond acceptors (Lipinski definition) is 5. The second-order valence-electron chi connectivity index (χ2n) is 6.30. The molecule has 0 atom stereocenters. The number of alkyl halides is 1. The molecule has 1 aliphatic carbocycles. The van der Waals surface area contributed by atoms with Gasteiger partial charge in [0.05, 0.1) is 12.7 Å². The van der Waals surface area contributed by atoms with Gasteiger partial charge in [0, 0.05) is 24.7 Å². The van der Waals surface area contributed by atoms with Crippen LogP contribution in [0.25, 0.3) is 0 Å². The molecule has 1 amide bonds. The molecular formula is C17H18FN3O3. The molecule has 7 heteroatoms. The van der Waals surface area contributed by atoms with Crippen molar-refractivity contribution < 1.29 is 18.4 Å². The summed E-state index contributed by atoms with van der Waals surface area (Å²) in [5.41, 5.74) is -0.185. The minimum absolute atomic E-state index is 0.229. The van der Waals surface area contributed by atoms with Crippen LogP contribution in [0, 0.1) is 0 Å². The van der Waals surface area contributed by atoms with Gasteiger partial charge in [-0.2, -0.15) is 0 Å². The first-order valence-electron chi connectivity index (χ1n) is 8.13. The largest absolute Gasteiger partial charge is 0.486 e. The summed E-state index contributed by atoms with van der Waals surface area (Å²) in [7, 11) is 0. The number of amides is 1. The minimum Gasteiger partial charge on any atom is -0.486 e. The van der Waals surface area contributed by atoms with Gasteiger partial charge in [-0.3, -0.25) is 9.78 Å². The predicted molar refractivity (Wildman–Crippen MR) is 81.9 cm³/mol. The number of rotatable bonds is 4. The maximum absolute atomic E-state index is 14.4. The Hall–Kier alpha value is -2.44. The fraction of sp³-hybridized carbons (Fsp3) is 0.471. The molecule has 0 radical (unpaired) electrons. The van der Waals surface area contributed by atoms with E-state index in [4.69, 9.17) is 9.26 Å². The number of aromatic nitrogens is 2. The van der Waals surface area contributed by atoms with Gasteiger partial charge < -0.3 is 14.2 Å². The van der Waals surface area contributed by atoms with Crippen molar-refractivity contribution in [2.45, 2.75) is 44.5 Å². The van der Waals surface area contributed by atoms with E-state index in [-0.39, 0.29) is 6.61 Å². The molecular weight excluding hydrogens is 313 g/mol. The number of hydrogen-bond donors (Lipinski definition) is 0. The van der Waals surface area contributed by atoms with Gasteiger partial charge in [-0.05, 0) is 31.4 Å². The summed E-state index contributed by atoms with van der Waals surface area (Å²) in [6.07, 6.45) is 5.27. The monoisotopic (exact) mass is 331 g/mol. The maximum Gasteiger partial charge on any atom is 0.260 e. The summed E-state index contributed by atoms with van der Waals surface area (Å²) < 4.78 is 25.4. The molecule has 1 saturated carbocycles. The average molecular weight is 331 g/mol. The Morgan fingerprint density at radius 2 is 2.33 bits per heavy atom. The van der Waals surface area contributed by atoms with Gasteiger partial charge in [-0.1, -0.05) is 5.16 Å². The lowest BCUT2D eigenvalue weighted by Crippen LogP contribution is -2.51. The van der Waals surface area contributed by atoms with Crippen LogP contribution in [0.1, 0.15) is 36.3 Å². The smallest absolute Gasteiger partial charge is 0.260 e. The van der Waals surface area contributed by atoms with Crippen molar-refractivity contribution in [3.63, 3.8) is 0 Å². The molecule has 3 heterocycles. The van der Waals surface area contributed by atoms with Gasteiger partial charge in [0.1, 0.15) is 23.8 Å². The van der Waals surface area contributed by atoms with Crippen LogP contribution in [-0.2, 0) is 24.4 Å². The average Bonchev–Trinajstić information content (AvgIpc) is 3.00. The summed E-state index contributed by atoms with van der Waals surface area (Å²) in [5.74, 6) is 0.986. The zero-order valence-electron chi connectivity index (χ0n) is 13.2. The van der Waals surface area contributed by atoms with E-state index in [0.717, 1.165) is 17.7 Å². The van der Waals surface area contributed by atoms with E-state index < -0.39 is 11.6 Å². The third-order valence-electron chi connectivity index (χ3n) is 4.74. The lowest BCUT2D eigenvalue weighted by Gasteiger charge is -2.38. The molecule has 0 unspecified atom stereocenters. The Labute approximate surface area is 138 Å². The highest BCUT2D eigenvalue weighted by atomic mass is 19.1. The minimum atomic E-state index is -1.67. The lowest BCUT2D eigenvalue weighted by atomic mass is 9.80. The first-order valence-corrected chi connectivity index (χ1v) is 8.13. The molecule has 2 aromatic rings. The molecule has 0 bridgehead atoms. The lowest BCUT2D eigenvalue weighted by molar-refractivity contribution is -0.151. The van der Waals surface area contributed by atoms with Crippen molar-refractivity contribution in [3.05, 3.63) is 41.5 Å². The molecule has 0 saturated heterocycles. The van der Waals surface area contributed by atoms with Gasteiger partial charge in [-0.25, -0.2) is 4.39 Å². The molecule has 0 spiro atoms. The molecule has 126 valence electrons. The Balaban J connectivity index is 1.46. The fourth-order valence-electron chi connectivity index (χ4n) is 3.12. The molecule has 24 heavy (non-hydrogen) atoms. The van der Waals surface area contributed by atoms with Crippen LogP contribution >= 0.6 is 0 Å². The Bertz CT molecular complexity index is 743. The number of ether oxygens (including phenoxy) is 1. The molecule has 0 aromatic carbocycles. The van der Waals surface area contributed by atoms with Crippen molar-refractivity contribution in [2.75, 3.05) is 6.54 Å². The summed E-state index contributed by atoms with van der Waals surface area (Å²) in [4.78, 5) is 17.9. The molecule has 2 aromatic heterocycles. The van der Waals surface area contributed by atoms with E-state index in [9.17, 15) is 9.18 Å². The van der Waals surface area contributed by atoms with Crippen molar-refractivity contribution >= 4 is 5.91 Å². The first kappa shape index (κ1) is 15.1. The normalized spacial score (nSPS) is 18.6. The Morgan fingerprint density at radius 1 is 1.46 bits per heavy atom. The zero-order chi connectivity index (χ0) is 16.6. The fourth-order valence-corrected chi connectivity index (χ4v) is 3.12. The van der Waals surface area contributed by atoms with Crippen molar-refractivity contribution in [3.8, 4) is 5.75 Å². The third kappa shape index (κ3) is 2.64. The van der Waals surface area contributed by atoms with Crippen LogP contribution in [-0.4, -0.2) is 33.2 Å². The van der Waals surface area contributed by atoms with Gasteiger partial charge >= 0.3 is 0 Å². The van der Waals surface area contributed by atoms with E-state index in [2.05, 4.69) is 10.1 Å². The number of pyridine rings is 1. The summed E-state index contributed by atoms with van der Waals surface area (Å²) in [6, 6.07) is 3.59. The maximum atomic E-state index is 14.4. The molecule has 1 aliphatic heterocycles. The Kier molecular flexibility index (Phi) is 3.70. The van der Waals surface area contributed by atoms with Gasteiger partial charge in [0.15, 0.2) is 5.67 Å². The van der Waals surface area contributed by atoms with Crippen molar-refractivity contribution in [1.82, 2.24) is 15.0 Å². The van der Waals surface area contributed by atoms with Crippen molar-refractivity contribution in [2.24, 2.45) is 0 Å². The Morgan fingerprint density at radius 3 is 3.04 bits per heavy atom. The quantitative estimate of drug-likeness (QED) is 0.861. The topological polar surface area (TPSA) is 68.5 Å². The van der Waals surface area contributed by atoms with Crippen LogP contribution in [0.2, 0.25) is 0 Å². The second-order valence-corrected chi connectivity index (χ2v) is 6.30. The number of carbonyl (C=O) groups is 1. The highest BCUT2D eigenvalue weighted by Crippen LogP contribution is 2.38. The van der Waals surface area contributed by atoms with Crippen LogP contribution in [0.15, 0.2) is 29.0 Å². The van der Waals surface area contributed by atoms with E-state index in [0.29, 0.717) is 43.8 Å². The van der Waals surface area contributed by atoms with Crippen LogP contribution in [0.4, 0.5) is 4.39 Å². The predicted octanol–water partition coefficient (Wildman–Crippen LogP) is 2.43. The molecule has 6 nitrogen and oxygen atoms in total. The third-order valence-corrected chi connectivity index (χ3v) is 4.74. The van der Waals surface area contributed by atoms with Gasteiger partial charge in [-0.15, -0.1) is 0 Å². The second kappa shape index (κ2) is 5.89. The standard InChI is InChI=1S/C17H18FN3O3/c18-17(5-2-6-17)16(22)21-8-4-15-13(10-21)14(20-24-15)11-23-12-3-1-7-19-9-12/h1,3,7,9H,2,4-6,8,10-11H2. The van der Waals surface area contributed by atoms with E-state index in [1.165, 1.54) is 0 Å². The van der Waals surface area contributed by atoms with E-state index >= 15 is 0 Å². The molecule has 4 rings (SSSR count). The van der Waals surface area contributed by atoms with E-state index in [1.807, 2.05) is 0 Å². The molecule has 2 aliphatic rings. The number of halogens is 1. The van der Waals surface area contributed by atoms with Crippen LogP contribution in [0.3, 0.4) is 0 Å².